The second-order valence-electron chi connectivity index (χ2n) is 7.25. The molecule has 1 aromatic carbocycles. The average Bonchev–Trinajstić information content (AvgIpc) is 2.75. The summed E-state index contributed by atoms with van der Waals surface area (Å²) in [5.74, 6) is 2.36. The molecule has 0 bridgehead atoms. The van der Waals surface area contributed by atoms with Crippen LogP contribution in [0.5, 0.6) is 0 Å². The van der Waals surface area contributed by atoms with Crippen molar-refractivity contribution in [2.24, 2.45) is 17.3 Å². The summed E-state index contributed by atoms with van der Waals surface area (Å²) < 4.78 is 0. The highest BCUT2D eigenvalue weighted by Gasteiger charge is 2.54. The van der Waals surface area contributed by atoms with Crippen molar-refractivity contribution >= 4 is 0 Å². The Hall–Kier alpha value is -0.820. The van der Waals surface area contributed by atoms with Crippen molar-refractivity contribution in [1.29, 1.82) is 0 Å². The van der Waals surface area contributed by atoms with Gasteiger partial charge in [-0.15, -0.1) is 0 Å². The van der Waals surface area contributed by atoms with Gasteiger partial charge >= 0.3 is 0 Å². The van der Waals surface area contributed by atoms with Crippen LogP contribution in [-0.2, 0) is 6.42 Å². The topological polar surface area (TPSA) is 20.2 Å². The van der Waals surface area contributed by atoms with Crippen LogP contribution in [0.25, 0.3) is 0 Å². The number of hydrogen-bond acceptors (Lipinski definition) is 1. The second kappa shape index (κ2) is 4.09. The average molecular weight is 256 g/mol. The Balaban J connectivity index is 1.72. The number of aliphatic hydroxyl groups is 1. The first-order valence-corrected chi connectivity index (χ1v) is 7.96. The number of hydrogen-bond donors (Lipinski definition) is 1. The van der Waals surface area contributed by atoms with Gasteiger partial charge in [0.2, 0.25) is 0 Å². The number of aliphatic hydroxyl groups excluding tert-OH is 1. The van der Waals surface area contributed by atoms with E-state index >= 15 is 0 Å². The third-order valence-corrected chi connectivity index (χ3v) is 6.59. The molecule has 0 amide bonds. The van der Waals surface area contributed by atoms with Crippen LogP contribution in [0.2, 0.25) is 0 Å². The highest BCUT2D eigenvalue weighted by molar-refractivity contribution is 5.34. The Labute approximate surface area is 116 Å². The van der Waals surface area contributed by atoms with E-state index in [0.29, 0.717) is 0 Å². The Morgan fingerprint density at radius 1 is 1.11 bits per heavy atom. The van der Waals surface area contributed by atoms with Crippen molar-refractivity contribution < 1.29 is 5.11 Å². The molecule has 2 saturated carbocycles. The fourth-order valence-electron chi connectivity index (χ4n) is 5.49. The van der Waals surface area contributed by atoms with Gasteiger partial charge in [0.15, 0.2) is 0 Å². The van der Waals surface area contributed by atoms with E-state index in [2.05, 4.69) is 31.2 Å². The molecule has 2 fully saturated rings. The van der Waals surface area contributed by atoms with Crippen LogP contribution in [-0.4, -0.2) is 11.2 Å². The summed E-state index contributed by atoms with van der Waals surface area (Å²) in [4.78, 5) is 0. The molecule has 3 aliphatic carbocycles. The molecule has 1 aromatic rings. The molecule has 0 radical (unpaired) electrons. The minimum Gasteiger partial charge on any atom is -0.393 e. The van der Waals surface area contributed by atoms with Crippen LogP contribution in [0.4, 0.5) is 0 Å². The van der Waals surface area contributed by atoms with Crippen LogP contribution in [0.15, 0.2) is 24.3 Å². The molecule has 1 nitrogen and oxygen atoms in total. The van der Waals surface area contributed by atoms with E-state index in [0.717, 1.165) is 24.2 Å². The summed E-state index contributed by atoms with van der Waals surface area (Å²) >= 11 is 0. The van der Waals surface area contributed by atoms with E-state index in [1.54, 1.807) is 11.1 Å². The molecule has 5 atom stereocenters. The van der Waals surface area contributed by atoms with E-state index in [1.807, 2.05) is 0 Å². The summed E-state index contributed by atoms with van der Waals surface area (Å²) in [5.41, 5.74) is 3.43. The Morgan fingerprint density at radius 2 is 1.95 bits per heavy atom. The molecule has 1 unspecified atom stereocenters. The zero-order chi connectivity index (χ0) is 13.0. The van der Waals surface area contributed by atoms with Gasteiger partial charge in [-0.2, -0.15) is 0 Å². The molecule has 0 aliphatic heterocycles. The Bertz CT molecular complexity index is 494. The fraction of sp³-hybridized carbons (Fsp3) is 0.667. The molecular weight excluding hydrogens is 232 g/mol. The predicted molar refractivity (Wildman–Crippen MR) is 77.1 cm³/mol. The minimum absolute atomic E-state index is 0.0457. The summed E-state index contributed by atoms with van der Waals surface area (Å²) in [5, 5.41) is 10.4. The first kappa shape index (κ1) is 12.0. The van der Waals surface area contributed by atoms with Crippen molar-refractivity contribution in [2.45, 2.75) is 57.5 Å². The maximum Gasteiger partial charge on any atom is 0.0596 e. The maximum absolute atomic E-state index is 10.4. The quantitative estimate of drug-likeness (QED) is 0.746. The molecule has 19 heavy (non-hydrogen) atoms. The van der Waals surface area contributed by atoms with Crippen LogP contribution < -0.4 is 0 Å². The number of aryl methyl sites for hydroxylation is 1. The lowest BCUT2D eigenvalue weighted by Crippen LogP contribution is -2.43. The van der Waals surface area contributed by atoms with Gasteiger partial charge in [0, 0.05) is 0 Å². The van der Waals surface area contributed by atoms with Gasteiger partial charge in [-0.05, 0) is 72.8 Å². The standard InChI is InChI=1S/C18H24O/c1-18-11-10-14-13-5-3-2-4-12(13)6-7-15(14)16(18)8-9-17(18)19/h2-5,14-17,19H,6-11H2,1H3/t14-,15-,16+,17?,18+/m1/s1. The minimum atomic E-state index is -0.0457. The molecule has 0 heterocycles. The molecule has 102 valence electrons. The molecule has 4 rings (SSSR count). The summed E-state index contributed by atoms with van der Waals surface area (Å²) in [7, 11) is 0. The van der Waals surface area contributed by atoms with Gasteiger partial charge < -0.3 is 5.11 Å². The zero-order valence-corrected chi connectivity index (χ0v) is 11.8. The Morgan fingerprint density at radius 3 is 2.84 bits per heavy atom. The maximum atomic E-state index is 10.4. The van der Waals surface area contributed by atoms with Crippen LogP contribution in [0.1, 0.15) is 56.1 Å². The highest BCUT2D eigenvalue weighted by Crippen LogP contribution is 2.60. The molecule has 1 heteroatoms. The van der Waals surface area contributed by atoms with Gasteiger partial charge in [0.25, 0.3) is 0 Å². The van der Waals surface area contributed by atoms with E-state index < -0.39 is 0 Å². The third kappa shape index (κ3) is 1.57. The van der Waals surface area contributed by atoms with Crippen molar-refractivity contribution in [3.05, 3.63) is 35.4 Å². The van der Waals surface area contributed by atoms with E-state index in [-0.39, 0.29) is 11.5 Å². The van der Waals surface area contributed by atoms with Gasteiger partial charge in [-0.3, -0.25) is 0 Å². The predicted octanol–water partition coefficient (Wildman–Crippen LogP) is 3.90. The summed E-state index contributed by atoms with van der Waals surface area (Å²) in [6.07, 6.45) is 7.33. The first-order valence-electron chi connectivity index (χ1n) is 7.96. The normalized spacial score (nSPS) is 44.3. The molecule has 0 aromatic heterocycles. The van der Waals surface area contributed by atoms with Crippen LogP contribution >= 0.6 is 0 Å². The Kier molecular flexibility index (Phi) is 2.57. The molecule has 0 spiro atoms. The second-order valence-corrected chi connectivity index (χ2v) is 7.25. The van der Waals surface area contributed by atoms with Gasteiger partial charge in [0.05, 0.1) is 6.10 Å². The fourth-order valence-corrected chi connectivity index (χ4v) is 5.49. The van der Waals surface area contributed by atoms with Gasteiger partial charge in [0.1, 0.15) is 0 Å². The summed E-state index contributed by atoms with van der Waals surface area (Å²) in [6.45, 7) is 2.35. The summed E-state index contributed by atoms with van der Waals surface area (Å²) in [6, 6.07) is 9.08. The highest BCUT2D eigenvalue weighted by atomic mass is 16.3. The lowest BCUT2D eigenvalue weighted by molar-refractivity contribution is -0.0226. The number of rotatable bonds is 0. The lowest BCUT2D eigenvalue weighted by atomic mass is 9.55. The zero-order valence-electron chi connectivity index (χ0n) is 11.8. The molecule has 3 aliphatic rings. The van der Waals surface area contributed by atoms with E-state index in [9.17, 15) is 5.11 Å². The van der Waals surface area contributed by atoms with E-state index in [4.69, 9.17) is 0 Å². The molecule has 1 N–H and O–H groups in total. The van der Waals surface area contributed by atoms with Gasteiger partial charge in [-0.25, -0.2) is 0 Å². The monoisotopic (exact) mass is 256 g/mol. The van der Waals surface area contributed by atoms with Crippen molar-refractivity contribution in [1.82, 2.24) is 0 Å². The van der Waals surface area contributed by atoms with Crippen molar-refractivity contribution in [3.63, 3.8) is 0 Å². The van der Waals surface area contributed by atoms with Crippen LogP contribution in [0.3, 0.4) is 0 Å². The van der Waals surface area contributed by atoms with Crippen molar-refractivity contribution in [3.8, 4) is 0 Å². The molecule has 0 saturated heterocycles. The largest absolute Gasteiger partial charge is 0.393 e. The number of fused-ring (bicyclic) bond motifs is 5. The smallest absolute Gasteiger partial charge is 0.0596 e. The first-order chi connectivity index (χ1) is 9.20. The number of benzene rings is 1. The van der Waals surface area contributed by atoms with Crippen LogP contribution in [0, 0.1) is 17.3 Å². The van der Waals surface area contributed by atoms with E-state index in [1.165, 1.54) is 32.1 Å². The molecular formula is C18H24O. The van der Waals surface area contributed by atoms with Gasteiger partial charge in [-0.1, -0.05) is 31.2 Å². The lowest BCUT2D eigenvalue weighted by Gasteiger charge is -2.50. The SMILES string of the molecule is C[C@]12CC[C@@H]3c4ccccc4CC[C@H]3[C@@H]1CCC2O. The van der Waals surface area contributed by atoms with Crippen molar-refractivity contribution in [2.75, 3.05) is 0 Å². The third-order valence-electron chi connectivity index (χ3n) is 6.59.